The Morgan fingerprint density at radius 1 is 0.460 bits per heavy atom. The number of pyridine rings is 1. The van der Waals surface area contributed by atoms with Crippen LogP contribution in [0.3, 0.4) is 0 Å². The van der Waals surface area contributed by atoms with Crippen LogP contribution in [0.25, 0.3) is 123 Å². The first-order chi connectivity index (χ1) is 31.2. The molecule has 0 radical (unpaired) electrons. The van der Waals surface area contributed by atoms with E-state index in [1.807, 2.05) is 79.7 Å². The van der Waals surface area contributed by atoms with Crippen LogP contribution in [0.15, 0.2) is 205 Å². The third-order valence-electron chi connectivity index (χ3n) is 11.9. The van der Waals surface area contributed by atoms with Crippen LogP contribution in [0, 0.1) is 0 Å². The maximum atomic E-state index is 6.79. The van der Waals surface area contributed by atoms with Crippen molar-refractivity contribution in [1.82, 2.24) is 24.3 Å². The van der Waals surface area contributed by atoms with Crippen molar-refractivity contribution in [2.45, 2.75) is 6.92 Å². The number of imidazole rings is 1. The Labute approximate surface area is 362 Å². The van der Waals surface area contributed by atoms with Crippen molar-refractivity contribution in [3.8, 4) is 56.4 Å². The van der Waals surface area contributed by atoms with Gasteiger partial charge in [-0.3, -0.25) is 4.40 Å². The average molecular weight is 808 g/mol. The first-order valence-corrected chi connectivity index (χ1v) is 21.2. The Hall–Kier alpha value is -8.48. The van der Waals surface area contributed by atoms with Crippen LogP contribution < -0.4 is 0 Å². The van der Waals surface area contributed by atoms with Crippen LogP contribution in [-0.2, 0) is 0 Å². The van der Waals surface area contributed by atoms with E-state index in [0.717, 1.165) is 99.4 Å². The SMILES string of the molecule is C/C=C\C=C/c1cc2ccccc2cc1-c1cc(-c2ccc3oc4c5ccccc5c5nc6ccccc6n5c4c3c2)cc(-c2nc(-c3ccccc3)nc(-c3ccccc3)n2)c1. The van der Waals surface area contributed by atoms with Crippen molar-refractivity contribution >= 4 is 66.4 Å². The fraction of sp³-hybridized carbons (Fsp3) is 0.0175. The van der Waals surface area contributed by atoms with E-state index in [0.29, 0.717) is 17.5 Å². The van der Waals surface area contributed by atoms with Gasteiger partial charge in [-0.15, -0.1) is 0 Å². The third-order valence-corrected chi connectivity index (χ3v) is 11.9. The molecule has 6 nitrogen and oxygen atoms in total. The summed E-state index contributed by atoms with van der Waals surface area (Å²) in [5, 5.41) is 5.43. The third kappa shape index (κ3) is 6.27. The summed E-state index contributed by atoms with van der Waals surface area (Å²) in [6.45, 7) is 2.03. The molecule has 0 saturated heterocycles. The molecule has 0 bridgehead atoms. The molecule has 12 rings (SSSR count). The fourth-order valence-electron chi connectivity index (χ4n) is 8.91. The van der Waals surface area contributed by atoms with Gasteiger partial charge >= 0.3 is 0 Å². The van der Waals surface area contributed by atoms with Gasteiger partial charge in [-0.2, -0.15) is 0 Å². The topological polar surface area (TPSA) is 69.1 Å². The maximum Gasteiger partial charge on any atom is 0.164 e. The van der Waals surface area contributed by atoms with Gasteiger partial charge in [0.1, 0.15) is 16.7 Å². The molecule has 4 heterocycles. The highest BCUT2D eigenvalue weighted by Gasteiger charge is 2.21. The predicted octanol–water partition coefficient (Wildman–Crippen LogP) is 14.8. The lowest BCUT2D eigenvalue weighted by atomic mass is 9.91. The van der Waals surface area contributed by atoms with Crippen molar-refractivity contribution in [3.05, 3.63) is 206 Å². The monoisotopic (exact) mass is 807 g/mol. The van der Waals surface area contributed by atoms with Crippen LogP contribution >= 0.6 is 0 Å². The highest BCUT2D eigenvalue weighted by atomic mass is 16.3. The molecule has 0 aliphatic carbocycles. The Kier molecular flexibility index (Phi) is 8.61. The molecule has 0 spiro atoms. The molecule has 0 fully saturated rings. The highest BCUT2D eigenvalue weighted by Crippen LogP contribution is 2.41. The van der Waals surface area contributed by atoms with E-state index in [9.17, 15) is 0 Å². The van der Waals surface area contributed by atoms with Crippen LogP contribution in [0.2, 0.25) is 0 Å². The largest absolute Gasteiger partial charge is 0.454 e. The average Bonchev–Trinajstić information content (AvgIpc) is 3.93. The minimum atomic E-state index is 0.588. The van der Waals surface area contributed by atoms with Gasteiger partial charge in [-0.1, -0.05) is 152 Å². The smallest absolute Gasteiger partial charge is 0.164 e. The zero-order chi connectivity index (χ0) is 41.9. The van der Waals surface area contributed by atoms with E-state index in [2.05, 4.69) is 138 Å². The number of hydrogen-bond donors (Lipinski definition) is 0. The molecule has 0 unspecified atom stereocenters. The van der Waals surface area contributed by atoms with Crippen molar-refractivity contribution in [3.63, 3.8) is 0 Å². The Bertz CT molecular complexity index is 3750. The van der Waals surface area contributed by atoms with Gasteiger partial charge in [0.05, 0.1) is 11.0 Å². The van der Waals surface area contributed by atoms with Gasteiger partial charge < -0.3 is 4.42 Å². The molecule has 0 N–H and O–H groups in total. The van der Waals surface area contributed by atoms with Crippen LogP contribution in [0.1, 0.15) is 12.5 Å². The second-order valence-electron chi connectivity index (χ2n) is 15.8. The molecule has 296 valence electrons. The van der Waals surface area contributed by atoms with Gasteiger partial charge in [0.2, 0.25) is 0 Å². The first kappa shape index (κ1) is 36.4. The summed E-state index contributed by atoms with van der Waals surface area (Å²) in [7, 11) is 0. The van der Waals surface area contributed by atoms with Crippen molar-refractivity contribution in [2.24, 2.45) is 0 Å². The van der Waals surface area contributed by atoms with Gasteiger partial charge in [-0.25, -0.2) is 19.9 Å². The molecule has 0 aliphatic rings. The Morgan fingerprint density at radius 3 is 1.83 bits per heavy atom. The zero-order valence-electron chi connectivity index (χ0n) is 34.3. The normalized spacial score (nSPS) is 12.1. The standard InChI is InChI=1S/C57H37N5O/c1-2-3-6-23-41-30-38-21-11-12-22-39(38)34-47(41)43-31-42(32-44(33-43)56-60-54(36-17-7-4-8-18-36)59-55(61-56)37-19-9-5-10-20-37)40-28-29-51-48(35-40)52-53(63-51)45-24-13-14-25-46(45)57-58-49-26-15-16-27-50(49)62(52)57/h2-35H,1H3/b3-2-,23-6-. The molecule has 0 amide bonds. The lowest BCUT2D eigenvalue weighted by molar-refractivity contribution is 0.672. The second-order valence-corrected chi connectivity index (χ2v) is 15.8. The predicted molar refractivity (Wildman–Crippen MR) is 259 cm³/mol. The number of fused-ring (bicyclic) bond motifs is 11. The molecule has 12 aromatic rings. The number of benzene rings is 8. The van der Waals surface area contributed by atoms with Crippen molar-refractivity contribution in [1.29, 1.82) is 0 Å². The number of rotatable bonds is 7. The van der Waals surface area contributed by atoms with Gasteiger partial charge in [0, 0.05) is 32.8 Å². The zero-order valence-corrected chi connectivity index (χ0v) is 34.3. The minimum Gasteiger partial charge on any atom is -0.454 e. The van der Waals surface area contributed by atoms with E-state index in [1.165, 1.54) is 5.39 Å². The molecular weight excluding hydrogens is 771 g/mol. The second kappa shape index (κ2) is 14.9. The summed E-state index contributed by atoms with van der Waals surface area (Å²) < 4.78 is 9.06. The first-order valence-electron chi connectivity index (χ1n) is 21.2. The Balaban J connectivity index is 1.14. The van der Waals surface area contributed by atoms with Gasteiger partial charge in [0.25, 0.3) is 0 Å². The number of furan rings is 1. The number of allylic oxidation sites excluding steroid dienone is 3. The van der Waals surface area contributed by atoms with Crippen LogP contribution in [-0.4, -0.2) is 24.3 Å². The van der Waals surface area contributed by atoms with E-state index in [1.54, 1.807) is 0 Å². The molecule has 0 saturated carbocycles. The molecular formula is C57H37N5O. The summed E-state index contributed by atoms with van der Waals surface area (Å²) in [5.74, 6) is 1.81. The Morgan fingerprint density at radius 2 is 1.08 bits per heavy atom. The van der Waals surface area contributed by atoms with E-state index >= 15 is 0 Å². The summed E-state index contributed by atoms with van der Waals surface area (Å²) in [4.78, 5) is 20.6. The summed E-state index contributed by atoms with van der Waals surface area (Å²) in [6.07, 6.45) is 8.40. The maximum absolute atomic E-state index is 6.79. The molecule has 0 atom stereocenters. The molecule has 4 aromatic heterocycles. The highest BCUT2D eigenvalue weighted by molar-refractivity contribution is 6.19. The van der Waals surface area contributed by atoms with E-state index < -0.39 is 0 Å². The summed E-state index contributed by atoms with van der Waals surface area (Å²) >= 11 is 0. The van der Waals surface area contributed by atoms with Crippen LogP contribution in [0.4, 0.5) is 0 Å². The lowest BCUT2D eigenvalue weighted by Crippen LogP contribution is -2.00. The van der Waals surface area contributed by atoms with Crippen molar-refractivity contribution < 1.29 is 4.42 Å². The molecule has 8 aromatic carbocycles. The van der Waals surface area contributed by atoms with Gasteiger partial charge in [0.15, 0.2) is 23.1 Å². The lowest BCUT2D eigenvalue weighted by Gasteiger charge is -2.15. The van der Waals surface area contributed by atoms with E-state index in [-0.39, 0.29) is 0 Å². The van der Waals surface area contributed by atoms with Gasteiger partial charge in [-0.05, 0) is 100 Å². The summed E-state index contributed by atoms with van der Waals surface area (Å²) in [5.41, 5.74) is 13.5. The van der Waals surface area contributed by atoms with E-state index in [4.69, 9.17) is 24.4 Å². The molecule has 63 heavy (non-hydrogen) atoms. The molecule has 0 aliphatic heterocycles. The van der Waals surface area contributed by atoms with Crippen LogP contribution in [0.5, 0.6) is 0 Å². The number of nitrogens with zero attached hydrogens (tertiary/aromatic N) is 5. The number of aromatic nitrogens is 5. The van der Waals surface area contributed by atoms with Crippen molar-refractivity contribution in [2.75, 3.05) is 0 Å². The quantitative estimate of drug-likeness (QED) is 0.150. The minimum absolute atomic E-state index is 0.588. The number of hydrogen-bond acceptors (Lipinski definition) is 5. The summed E-state index contributed by atoms with van der Waals surface area (Å²) in [6, 6.07) is 63.3. The molecule has 6 heteroatoms. The fourth-order valence-corrected chi connectivity index (χ4v) is 8.91. The number of para-hydroxylation sites is 2.